The molecule has 0 radical (unpaired) electrons. The predicted octanol–water partition coefficient (Wildman–Crippen LogP) is 4.53. The van der Waals surface area contributed by atoms with E-state index in [1.165, 1.54) is 11.1 Å². The lowest BCUT2D eigenvalue weighted by molar-refractivity contribution is -1.09. The van der Waals surface area contributed by atoms with Gasteiger partial charge in [-0.2, -0.15) is 9.48 Å². The van der Waals surface area contributed by atoms with Crippen LogP contribution in [0.15, 0.2) is 54.6 Å². The lowest BCUT2D eigenvalue weighted by Crippen LogP contribution is -2.37. The molecule has 2 unspecified atom stereocenters. The maximum Gasteiger partial charge on any atom is 0.148 e. The topological polar surface area (TPSA) is 9.23 Å². The van der Waals surface area contributed by atoms with Gasteiger partial charge in [0.25, 0.3) is 0 Å². The highest BCUT2D eigenvalue weighted by Crippen LogP contribution is 2.44. The van der Waals surface area contributed by atoms with E-state index >= 15 is 0 Å². The molecular formula is C17H19ClNO+. The molecule has 2 nitrogen and oxygen atoms in total. The quantitative estimate of drug-likeness (QED) is 0.738. The number of benzene rings is 2. The highest BCUT2D eigenvalue weighted by molar-refractivity contribution is 6.30. The molecule has 3 heteroatoms. The number of hydrogen-bond acceptors (Lipinski definition) is 1. The minimum atomic E-state index is 0.145. The van der Waals surface area contributed by atoms with Crippen LogP contribution < -0.4 is 0 Å². The van der Waals surface area contributed by atoms with Crippen molar-refractivity contribution in [2.24, 2.45) is 0 Å². The van der Waals surface area contributed by atoms with E-state index in [9.17, 15) is 0 Å². The fourth-order valence-corrected chi connectivity index (χ4v) is 3.07. The molecule has 2 aromatic rings. The van der Waals surface area contributed by atoms with Crippen LogP contribution in [0.4, 0.5) is 0 Å². The first kappa shape index (κ1) is 13.6. The molecule has 1 saturated heterocycles. The third-order valence-corrected chi connectivity index (χ3v) is 4.26. The van der Waals surface area contributed by atoms with Crippen molar-refractivity contribution in [3.05, 3.63) is 70.7 Å². The Kier molecular flexibility index (Phi) is 3.55. The Bertz CT molecular complexity index is 580. The van der Waals surface area contributed by atoms with Crippen LogP contribution in [0.5, 0.6) is 0 Å². The van der Waals surface area contributed by atoms with Gasteiger partial charge in [-0.3, -0.25) is 0 Å². The fraction of sp³-hybridized carbons (Fsp3) is 0.294. The lowest BCUT2D eigenvalue weighted by Gasteiger charge is -2.28. The van der Waals surface area contributed by atoms with Crippen LogP contribution in [-0.2, 0) is 4.84 Å². The van der Waals surface area contributed by atoms with Gasteiger partial charge in [-0.05, 0) is 17.7 Å². The number of hydrogen-bond donors (Lipinski definition) is 0. The van der Waals surface area contributed by atoms with E-state index in [4.69, 9.17) is 16.4 Å². The monoisotopic (exact) mass is 288 g/mol. The minimum absolute atomic E-state index is 0.145. The summed E-state index contributed by atoms with van der Waals surface area (Å²) in [5.41, 5.74) is 2.52. The maximum absolute atomic E-state index is 6.24. The van der Waals surface area contributed by atoms with E-state index < -0.39 is 0 Å². The molecule has 0 bridgehead atoms. The predicted molar refractivity (Wildman–Crippen MR) is 81.2 cm³/mol. The zero-order chi connectivity index (χ0) is 14.2. The van der Waals surface area contributed by atoms with Crippen molar-refractivity contribution in [2.45, 2.75) is 18.6 Å². The molecule has 0 aliphatic carbocycles. The molecule has 0 saturated carbocycles. The fourth-order valence-electron chi connectivity index (χ4n) is 2.95. The summed E-state index contributed by atoms with van der Waals surface area (Å²) in [6.45, 7) is 0. The molecule has 0 N–H and O–H groups in total. The van der Waals surface area contributed by atoms with Crippen LogP contribution in [0.1, 0.15) is 29.7 Å². The standard InChI is InChI=1S/C17H19ClNO/c1-19(2)16(13-8-10-15(18)11-9-13)12-17(20-19)14-6-4-3-5-7-14/h3-11,16-17H,12H2,1-2H3/q+1. The first-order valence-electron chi connectivity index (χ1n) is 6.89. The Morgan fingerprint density at radius 2 is 1.60 bits per heavy atom. The SMILES string of the molecule is C[N+]1(C)OC(c2ccccc2)CC1c1ccc(Cl)cc1. The average Bonchev–Trinajstić information content (AvgIpc) is 2.77. The maximum atomic E-state index is 6.24. The van der Waals surface area contributed by atoms with Crippen molar-refractivity contribution in [2.75, 3.05) is 14.1 Å². The van der Waals surface area contributed by atoms with Crippen molar-refractivity contribution < 1.29 is 9.48 Å². The molecule has 104 valence electrons. The summed E-state index contributed by atoms with van der Waals surface area (Å²) in [6.07, 6.45) is 1.13. The summed E-state index contributed by atoms with van der Waals surface area (Å²) in [7, 11) is 4.23. The van der Waals surface area contributed by atoms with Crippen LogP contribution in [0.3, 0.4) is 0 Å². The van der Waals surface area contributed by atoms with Gasteiger partial charge in [0.1, 0.15) is 12.1 Å². The largest absolute Gasteiger partial charge is 0.195 e. The van der Waals surface area contributed by atoms with E-state index in [1.54, 1.807) is 0 Å². The lowest BCUT2D eigenvalue weighted by atomic mass is 9.97. The molecule has 20 heavy (non-hydrogen) atoms. The van der Waals surface area contributed by atoms with Gasteiger partial charge in [-0.25, -0.2) is 0 Å². The number of rotatable bonds is 2. The molecule has 0 amide bonds. The van der Waals surface area contributed by atoms with Gasteiger partial charge in [0.2, 0.25) is 0 Å². The van der Waals surface area contributed by atoms with Gasteiger partial charge in [-0.15, -0.1) is 0 Å². The Morgan fingerprint density at radius 1 is 0.950 bits per heavy atom. The van der Waals surface area contributed by atoms with Gasteiger partial charge in [0.05, 0.1) is 14.1 Å². The zero-order valence-corrected chi connectivity index (χ0v) is 12.5. The highest BCUT2D eigenvalue weighted by Gasteiger charge is 2.44. The van der Waals surface area contributed by atoms with Crippen molar-refractivity contribution in [3.8, 4) is 0 Å². The van der Waals surface area contributed by atoms with Crippen molar-refractivity contribution >= 4 is 11.6 Å². The van der Waals surface area contributed by atoms with Crippen molar-refractivity contribution in [3.63, 3.8) is 0 Å². The number of nitrogens with zero attached hydrogens (tertiary/aromatic N) is 1. The Labute approximate surface area is 125 Å². The Hall–Kier alpha value is -1.35. The number of hydroxylamine groups is 3. The summed E-state index contributed by atoms with van der Waals surface area (Å²) in [6, 6.07) is 18.9. The molecule has 1 aliphatic heterocycles. The molecule has 0 aromatic heterocycles. The molecule has 1 fully saturated rings. The molecule has 0 spiro atoms. The third-order valence-electron chi connectivity index (χ3n) is 4.01. The van der Waals surface area contributed by atoms with Crippen molar-refractivity contribution in [1.82, 2.24) is 0 Å². The first-order chi connectivity index (χ1) is 9.56. The summed E-state index contributed by atoms with van der Waals surface area (Å²) in [4.78, 5) is 6.24. The number of quaternary nitrogens is 1. The molecule has 1 heterocycles. The van der Waals surface area contributed by atoms with Crippen LogP contribution in [0.2, 0.25) is 5.02 Å². The zero-order valence-electron chi connectivity index (χ0n) is 11.8. The van der Waals surface area contributed by atoms with Gasteiger partial charge >= 0.3 is 0 Å². The molecule has 3 rings (SSSR count). The summed E-state index contributed by atoms with van der Waals surface area (Å²) < 4.78 is 0.543. The summed E-state index contributed by atoms with van der Waals surface area (Å²) >= 11 is 5.98. The molecule has 2 atom stereocenters. The molecule has 1 aliphatic rings. The Balaban J connectivity index is 1.88. The van der Waals surface area contributed by atoms with Crippen LogP contribution >= 0.6 is 11.6 Å². The third kappa shape index (κ3) is 2.59. The smallest absolute Gasteiger partial charge is 0.148 e. The first-order valence-corrected chi connectivity index (χ1v) is 7.26. The van der Waals surface area contributed by atoms with E-state index in [-0.39, 0.29) is 6.10 Å². The van der Waals surface area contributed by atoms with Gasteiger partial charge in [0, 0.05) is 17.0 Å². The Morgan fingerprint density at radius 3 is 2.25 bits per heavy atom. The van der Waals surface area contributed by atoms with E-state index in [0.717, 1.165) is 11.4 Å². The van der Waals surface area contributed by atoms with Crippen LogP contribution in [0.25, 0.3) is 0 Å². The number of halogens is 1. The molecular weight excluding hydrogens is 270 g/mol. The second-order valence-electron chi connectivity index (χ2n) is 5.74. The van der Waals surface area contributed by atoms with Crippen LogP contribution in [-0.4, -0.2) is 18.7 Å². The second-order valence-corrected chi connectivity index (χ2v) is 6.18. The van der Waals surface area contributed by atoms with Gasteiger partial charge in [-0.1, -0.05) is 54.1 Å². The summed E-state index contributed by atoms with van der Waals surface area (Å²) in [5.74, 6) is 0. The van der Waals surface area contributed by atoms with E-state index in [0.29, 0.717) is 10.7 Å². The van der Waals surface area contributed by atoms with Crippen LogP contribution in [0, 0.1) is 0 Å². The van der Waals surface area contributed by atoms with E-state index in [1.807, 2.05) is 18.2 Å². The normalized spacial score (nSPS) is 24.8. The van der Waals surface area contributed by atoms with Gasteiger partial charge < -0.3 is 0 Å². The van der Waals surface area contributed by atoms with Crippen molar-refractivity contribution in [1.29, 1.82) is 0 Å². The minimum Gasteiger partial charge on any atom is -0.195 e. The average molecular weight is 289 g/mol. The second kappa shape index (κ2) is 5.21. The van der Waals surface area contributed by atoms with Gasteiger partial charge in [0.15, 0.2) is 0 Å². The molecule has 2 aromatic carbocycles. The highest BCUT2D eigenvalue weighted by atomic mass is 35.5. The summed E-state index contributed by atoms with van der Waals surface area (Å²) in [5, 5.41) is 0.776. The van der Waals surface area contributed by atoms with E-state index in [2.05, 4.69) is 50.5 Å².